The molecular weight excluding hydrogens is 263 g/mol. The van der Waals surface area contributed by atoms with Crippen LogP contribution in [0.4, 0.5) is 5.69 Å². The van der Waals surface area contributed by atoms with Crippen LogP contribution in [0.2, 0.25) is 9.49 Å². The number of aromatic nitrogens is 1. The van der Waals surface area contributed by atoms with Gasteiger partial charge >= 0.3 is 0 Å². The molecule has 0 radical (unpaired) electrons. The number of anilines is 1. The van der Waals surface area contributed by atoms with Crippen molar-refractivity contribution in [2.75, 3.05) is 5.32 Å². The van der Waals surface area contributed by atoms with E-state index in [9.17, 15) is 0 Å². The number of hydrogen-bond donors (Lipinski definition) is 1. The Morgan fingerprint density at radius 2 is 2.19 bits per heavy atom. The molecule has 1 aromatic heterocycles. The molecule has 1 aromatic carbocycles. The fourth-order valence-electron chi connectivity index (χ4n) is 1.32. The van der Waals surface area contributed by atoms with Crippen molar-refractivity contribution in [3.8, 4) is 0 Å². The Morgan fingerprint density at radius 3 is 2.88 bits per heavy atom. The number of halogens is 2. The van der Waals surface area contributed by atoms with Crippen molar-refractivity contribution in [1.29, 1.82) is 0 Å². The molecule has 0 atom stereocenters. The third-order valence-electron chi connectivity index (χ3n) is 2.10. The summed E-state index contributed by atoms with van der Waals surface area (Å²) in [4.78, 5) is 5.07. The molecule has 2 rings (SSSR count). The summed E-state index contributed by atoms with van der Waals surface area (Å²) in [6.45, 7) is 2.72. The molecule has 0 aliphatic carbocycles. The maximum Gasteiger partial charge on any atom is 0.183 e. The largest absolute Gasteiger partial charge is 0.379 e. The quantitative estimate of drug-likeness (QED) is 0.898. The summed E-state index contributed by atoms with van der Waals surface area (Å²) >= 11 is 13.3. The Hall–Kier alpha value is -0.770. The second kappa shape index (κ2) is 5.04. The van der Waals surface area contributed by atoms with E-state index in [2.05, 4.69) is 10.3 Å². The fourth-order valence-corrected chi connectivity index (χ4v) is 2.42. The van der Waals surface area contributed by atoms with Gasteiger partial charge in [0.05, 0.1) is 17.3 Å². The van der Waals surface area contributed by atoms with Gasteiger partial charge in [-0.3, -0.25) is 0 Å². The number of nitrogens with zero attached hydrogens (tertiary/aromatic N) is 1. The average molecular weight is 273 g/mol. The lowest BCUT2D eigenvalue weighted by Crippen LogP contribution is -1.98. The Bertz CT molecular complexity index is 496. The summed E-state index contributed by atoms with van der Waals surface area (Å²) in [6.07, 6.45) is 1.77. The van der Waals surface area contributed by atoms with Gasteiger partial charge in [0.15, 0.2) is 4.47 Å². The molecule has 0 amide bonds. The first kappa shape index (κ1) is 11.7. The number of aryl methyl sites for hydroxylation is 1. The van der Waals surface area contributed by atoms with Crippen LogP contribution in [0, 0.1) is 6.92 Å². The van der Waals surface area contributed by atoms with Gasteiger partial charge in [0, 0.05) is 11.1 Å². The van der Waals surface area contributed by atoms with Crippen LogP contribution in [-0.2, 0) is 6.54 Å². The van der Waals surface area contributed by atoms with Gasteiger partial charge in [0.1, 0.15) is 0 Å². The molecule has 2 nitrogen and oxygen atoms in total. The van der Waals surface area contributed by atoms with Crippen LogP contribution in [0.25, 0.3) is 0 Å². The molecule has 0 saturated carbocycles. The summed E-state index contributed by atoms with van der Waals surface area (Å²) in [7, 11) is 0. The molecule has 0 fully saturated rings. The summed E-state index contributed by atoms with van der Waals surface area (Å²) in [6, 6.07) is 5.89. The summed E-state index contributed by atoms with van der Waals surface area (Å²) in [5.74, 6) is 0. The van der Waals surface area contributed by atoms with E-state index in [1.165, 1.54) is 16.9 Å². The predicted molar refractivity (Wildman–Crippen MR) is 70.6 cm³/mol. The lowest BCUT2D eigenvalue weighted by Gasteiger charge is -2.07. The highest BCUT2D eigenvalue weighted by molar-refractivity contribution is 7.15. The van der Waals surface area contributed by atoms with Crippen molar-refractivity contribution in [3.63, 3.8) is 0 Å². The molecule has 0 spiro atoms. The number of thiazole rings is 1. The zero-order chi connectivity index (χ0) is 11.5. The zero-order valence-corrected chi connectivity index (χ0v) is 11.0. The highest BCUT2D eigenvalue weighted by atomic mass is 35.5. The first-order chi connectivity index (χ1) is 7.65. The number of hydrogen-bond acceptors (Lipinski definition) is 3. The molecule has 1 heterocycles. The topological polar surface area (TPSA) is 24.9 Å². The van der Waals surface area contributed by atoms with Gasteiger partial charge < -0.3 is 5.32 Å². The van der Waals surface area contributed by atoms with Crippen LogP contribution in [0.5, 0.6) is 0 Å². The van der Waals surface area contributed by atoms with E-state index in [0.717, 1.165) is 15.6 Å². The lowest BCUT2D eigenvalue weighted by atomic mass is 10.2. The Kier molecular flexibility index (Phi) is 3.69. The van der Waals surface area contributed by atoms with E-state index in [0.29, 0.717) is 11.0 Å². The predicted octanol–water partition coefficient (Wildman–Crippen LogP) is 4.37. The van der Waals surface area contributed by atoms with Crippen LogP contribution < -0.4 is 5.32 Å². The normalized spacial score (nSPS) is 10.4. The van der Waals surface area contributed by atoms with Gasteiger partial charge in [-0.15, -0.1) is 11.3 Å². The smallest absolute Gasteiger partial charge is 0.183 e. The molecule has 0 aliphatic rings. The maximum atomic E-state index is 6.07. The van der Waals surface area contributed by atoms with Crippen LogP contribution in [0.3, 0.4) is 0 Å². The van der Waals surface area contributed by atoms with Crippen molar-refractivity contribution in [2.24, 2.45) is 0 Å². The zero-order valence-electron chi connectivity index (χ0n) is 8.63. The van der Waals surface area contributed by atoms with Crippen LogP contribution in [-0.4, -0.2) is 4.98 Å². The van der Waals surface area contributed by atoms with Crippen molar-refractivity contribution in [1.82, 2.24) is 4.98 Å². The third-order valence-corrected chi connectivity index (χ3v) is 3.54. The molecule has 0 bridgehead atoms. The van der Waals surface area contributed by atoms with E-state index >= 15 is 0 Å². The second-order valence-corrected chi connectivity index (χ2v) is 5.52. The van der Waals surface area contributed by atoms with Gasteiger partial charge in [-0.05, 0) is 24.6 Å². The van der Waals surface area contributed by atoms with Gasteiger partial charge in [0.25, 0.3) is 0 Å². The maximum absolute atomic E-state index is 6.07. The monoisotopic (exact) mass is 272 g/mol. The summed E-state index contributed by atoms with van der Waals surface area (Å²) in [5.41, 5.74) is 2.11. The minimum atomic E-state index is 0.562. The lowest BCUT2D eigenvalue weighted by molar-refractivity contribution is 1.17. The van der Waals surface area contributed by atoms with Crippen molar-refractivity contribution in [3.05, 3.63) is 44.3 Å². The second-order valence-electron chi connectivity index (χ2n) is 3.42. The molecule has 1 N–H and O–H groups in total. The van der Waals surface area contributed by atoms with E-state index < -0.39 is 0 Å². The molecule has 0 saturated heterocycles. The summed E-state index contributed by atoms with van der Waals surface area (Å²) in [5, 5.41) is 3.99. The van der Waals surface area contributed by atoms with Crippen LogP contribution in [0.15, 0.2) is 24.4 Å². The first-order valence-corrected chi connectivity index (χ1v) is 6.32. The molecule has 16 heavy (non-hydrogen) atoms. The standard InChI is InChI=1S/C11H10Cl2N2S/c1-7-2-3-9(12)10(4-7)14-5-8-6-15-11(13)16-8/h2-4,6,14H,5H2,1H3. The molecule has 0 aliphatic heterocycles. The number of nitrogens with one attached hydrogen (secondary N) is 1. The number of rotatable bonds is 3. The minimum absolute atomic E-state index is 0.562. The third kappa shape index (κ3) is 2.88. The number of benzene rings is 1. The molecule has 2 aromatic rings. The summed E-state index contributed by atoms with van der Waals surface area (Å²) < 4.78 is 0.562. The fraction of sp³-hybridized carbons (Fsp3) is 0.182. The van der Waals surface area contributed by atoms with Gasteiger partial charge in [-0.25, -0.2) is 4.98 Å². The Balaban J connectivity index is 2.07. The minimum Gasteiger partial charge on any atom is -0.379 e. The molecule has 84 valence electrons. The Morgan fingerprint density at radius 1 is 1.38 bits per heavy atom. The van der Waals surface area contributed by atoms with Crippen LogP contribution in [0.1, 0.15) is 10.4 Å². The highest BCUT2D eigenvalue weighted by Gasteiger charge is 2.02. The van der Waals surface area contributed by atoms with E-state index in [1.807, 2.05) is 25.1 Å². The van der Waals surface area contributed by atoms with Gasteiger partial charge in [-0.2, -0.15) is 0 Å². The van der Waals surface area contributed by atoms with E-state index in [1.54, 1.807) is 6.20 Å². The molecular formula is C11H10Cl2N2S. The van der Waals surface area contributed by atoms with Gasteiger partial charge in [0.2, 0.25) is 0 Å². The van der Waals surface area contributed by atoms with Crippen molar-refractivity contribution in [2.45, 2.75) is 13.5 Å². The SMILES string of the molecule is Cc1ccc(Cl)c(NCc2cnc(Cl)s2)c1. The van der Waals surface area contributed by atoms with Crippen molar-refractivity contribution >= 4 is 40.2 Å². The molecule has 5 heteroatoms. The Labute approximate surface area is 108 Å². The average Bonchev–Trinajstić information content (AvgIpc) is 2.66. The van der Waals surface area contributed by atoms with Crippen LogP contribution >= 0.6 is 34.5 Å². The molecule has 0 unspecified atom stereocenters. The van der Waals surface area contributed by atoms with E-state index in [-0.39, 0.29) is 0 Å². The van der Waals surface area contributed by atoms with E-state index in [4.69, 9.17) is 23.2 Å². The first-order valence-electron chi connectivity index (χ1n) is 4.75. The van der Waals surface area contributed by atoms with Crippen molar-refractivity contribution < 1.29 is 0 Å². The van der Waals surface area contributed by atoms with Gasteiger partial charge in [-0.1, -0.05) is 29.3 Å². The highest BCUT2D eigenvalue weighted by Crippen LogP contribution is 2.24.